The molecule has 3 rings (SSSR count). The number of carbonyl (C=O) groups is 3. The van der Waals surface area contributed by atoms with Gasteiger partial charge >= 0.3 is 0 Å². The van der Waals surface area contributed by atoms with Gasteiger partial charge in [0.25, 0.3) is 0 Å². The topological polar surface area (TPSA) is 110 Å². The lowest BCUT2D eigenvalue weighted by Crippen LogP contribution is -2.43. The van der Waals surface area contributed by atoms with E-state index in [1.54, 1.807) is 35.8 Å². The quantitative estimate of drug-likeness (QED) is 0.419. The molecule has 2 heterocycles. The first kappa shape index (κ1) is 25.6. The third kappa shape index (κ3) is 8.42. The first-order chi connectivity index (χ1) is 16.5. The molecule has 10 heteroatoms. The number of nitrogens with zero attached hydrogens (tertiary/aromatic N) is 2. The van der Waals surface area contributed by atoms with E-state index in [2.05, 4.69) is 22.5 Å². The van der Waals surface area contributed by atoms with Crippen molar-refractivity contribution in [2.45, 2.75) is 51.6 Å². The summed E-state index contributed by atoms with van der Waals surface area (Å²) >= 11 is 1.31. The van der Waals surface area contributed by atoms with E-state index in [1.807, 2.05) is 0 Å². The first-order valence-electron chi connectivity index (χ1n) is 11.7. The van der Waals surface area contributed by atoms with Crippen LogP contribution in [0.2, 0.25) is 0 Å². The summed E-state index contributed by atoms with van der Waals surface area (Å²) in [6.45, 7) is 3.70. The van der Waals surface area contributed by atoms with Gasteiger partial charge in [0.15, 0.2) is 5.13 Å². The fourth-order valence-electron chi connectivity index (χ4n) is 3.43. The highest BCUT2D eigenvalue weighted by molar-refractivity contribution is 7.13. The van der Waals surface area contributed by atoms with Gasteiger partial charge in [-0.15, -0.1) is 11.3 Å². The third-order valence-corrected chi connectivity index (χ3v) is 6.00. The minimum Gasteiger partial charge on any atom is -0.494 e. The van der Waals surface area contributed by atoms with E-state index in [9.17, 15) is 14.4 Å². The Bertz CT molecular complexity index is 914. The lowest BCUT2D eigenvalue weighted by molar-refractivity contribution is -0.125. The zero-order valence-electron chi connectivity index (χ0n) is 19.5. The maximum atomic E-state index is 13.0. The van der Waals surface area contributed by atoms with E-state index in [1.165, 1.54) is 16.2 Å². The van der Waals surface area contributed by atoms with Gasteiger partial charge in [0.2, 0.25) is 17.7 Å². The van der Waals surface area contributed by atoms with Crippen LogP contribution in [0.1, 0.15) is 45.4 Å². The molecule has 1 aromatic carbocycles. The number of nitrogens with one attached hydrogen (secondary N) is 2. The summed E-state index contributed by atoms with van der Waals surface area (Å²) in [5.74, 6) is -0.193. The Labute approximate surface area is 203 Å². The summed E-state index contributed by atoms with van der Waals surface area (Å²) in [5.41, 5.74) is 0.570. The lowest BCUT2D eigenvalue weighted by Gasteiger charge is -2.23. The molecule has 1 aliphatic heterocycles. The van der Waals surface area contributed by atoms with Crippen molar-refractivity contribution in [1.29, 1.82) is 0 Å². The second kappa shape index (κ2) is 13.7. The molecule has 0 saturated carbocycles. The predicted octanol–water partition coefficient (Wildman–Crippen LogP) is 3.37. The zero-order chi connectivity index (χ0) is 24.2. The first-order valence-corrected chi connectivity index (χ1v) is 12.5. The number of amides is 3. The molecule has 0 spiro atoms. The SMILES string of the molecule is CCCCOc1ccc(N(CC(=O)NC[C@@H]2CCCO2)C(=O)CCC(=O)Nc2nccs2)cc1. The van der Waals surface area contributed by atoms with Gasteiger partial charge in [0, 0.05) is 43.3 Å². The van der Waals surface area contributed by atoms with Gasteiger partial charge in [0.05, 0.1) is 12.7 Å². The summed E-state index contributed by atoms with van der Waals surface area (Å²) in [7, 11) is 0. The van der Waals surface area contributed by atoms with Gasteiger partial charge in [-0.3, -0.25) is 14.4 Å². The Morgan fingerprint density at radius 3 is 2.71 bits per heavy atom. The second-order valence-corrected chi connectivity index (χ2v) is 8.89. The van der Waals surface area contributed by atoms with Crippen molar-refractivity contribution < 1.29 is 23.9 Å². The minimum atomic E-state index is -0.318. The second-order valence-electron chi connectivity index (χ2n) is 8.00. The van der Waals surface area contributed by atoms with Crippen LogP contribution >= 0.6 is 11.3 Å². The third-order valence-electron chi connectivity index (χ3n) is 5.31. The normalized spacial score (nSPS) is 15.0. The number of unbranched alkanes of at least 4 members (excludes halogenated alkanes) is 1. The molecule has 2 aromatic rings. The molecule has 1 fully saturated rings. The highest BCUT2D eigenvalue weighted by Crippen LogP contribution is 2.21. The average molecular weight is 489 g/mol. The van der Waals surface area contributed by atoms with Gasteiger partial charge in [0.1, 0.15) is 12.3 Å². The number of hydrogen-bond acceptors (Lipinski definition) is 7. The fraction of sp³-hybridized carbons (Fsp3) is 0.500. The Kier molecular flexibility index (Phi) is 10.3. The molecule has 184 valence electrons. The summed E-state index contributed by atoms with van der Waals surface area (Å²) in [6, 6.07) is 7.07. The molecule has 0 bridgehead atoms. The number of anilines is 2. The van der Waals surface area contributed by atoms with Crippen molar-refractivity contribution in [3.8, 4) is 5.75 Å². The fourth-order valence-corrected chi connectivity index (χ4v) is 3.98. The summed E-state index contributed by atoms with van der Waals surface area (Å²) in [5, 5.41) is 7.76. The molecule has 2 N–H and O–H groups in total. The summed E-state index contributed by atoms with van der Waals surface area (Å²) in [6.07, 6.45) is 5.46. The van der Waals surface area contributed by atoms with Gasteiger partial charge in [-0.2, -0.15) is 0 Å². The lowest BCUT2D eigenvalue weighted by atomic mass is 10.2. The van der Waals surface area contributed by atoms with Crippen LogP contribution in [-0.2, 0) is 19.1 Å². The number of ether oxygens (including phenoxy) is 2. The van der Waals surface area contributed by atoms with Crippen LogP contribution in [0.15, 0.2) is 35.8 Å². The molecule has 1 saturated heterocycles. The maximum absolute atomic E-state index is 13.0. The van der Waals surface area contributed by atoms with Crippen LogP contribution < -0.4 is 20.3 Å². The van der Waals surface area contributed by atoms with E-state index in [-0.39, 0.29) is 43.2 Å². The molecule has 34 heavy (non-hydrogen) atoms. The van der Waals surface area contributed by atoms with Crippen LogP contribution in [0, 0.1) is 0 Å². The highest BCUT2D eigenvalue weighted by atomic mass is 32.1. The Morgan fingerprint density at radius 2 is 2.03 bits per heavy atom. The zero-order valence-corrected chi connectivity index (χ0v) is 20.3. The van der Waals surface area contributed by atoms with Crippen LogP contribution in [0.5, 0.6) is 5.75 Å². The maximum Gasteiger partial charge on any atom is 0.240 e. The van der Waals surface area contributed by atoms with Crippen molar-refractivity contribution in [1.82, 2.24) is 10.3 Å². The highest BCUT2D eigenvalue weighted by Gasteiger charge is 2.22. The minimum absolute atomic E-state index is 0.00927. The van der Waals surface area contributed by atoms with Crippen molar-refractivity contribution in [3.63, 3.8) is 0 Å². The smallest absolute Gasteiger partial charge is 0.240 e. The van der Waals surface area contributed by atoms with E-state index in [0.29, 0.717) is 36.3 Å². The molecular formula is C24H32N4O5S. The van der Waals surface area contributed by atoms with Crippen molar-refractivity contribution >= 4 is 39.9 Å². The van der Waals surface area contributed by atoms with Crippen LogP contribution in [0.3, 0.4) is 0 Å². The molecule has 1 aromatic heterocycles. The van der Waals surface area contributed by atoms with E-state index >= 15 is 0 Å². The molecule has 0 unspecified atom stereocenters. The molecule has 1 atom stereocenters. The van der Waals surface area contributed by atoms with Crippen LogP contribution in [-0.4, -0.2) is 55.1 Å². The van der Waals surface area contributed by atoms with Crippen molar-refractivity contribution in [2.24, 2.45) is 0 Å². The number of benzene rings is 1. The monoisotopic (exact) mass is 488 g/mol. The molecule has 3 amide bonds. The molecule has 1 aliphatic rings. The Hall–Kier alpha value is -2.98. The number of thiazole rings is 1. The molecule has 0 radical (unpaired) electrons. The van der Waals surface area contributed by atoms with Gasteiger partial charge < -0.3 is 25.0 Å². The summed E-state index contributed by atoms with van der Waals surface area (Å²) < 4.78 is 11.2. The predicted molar refractivity (Wildman–Crippen MR) is 131 cm³/mol. The largest absolute Gasteiger partial charge is 0.494 e. The Balaban J connectivity index is 1.60. The van der Waals surface area contributed by atoms with Gasteiger partial charge in [-0.1, -0.05) is 13.3 Å². The number of rotatable bonds is 13. The van der Waals surface area contributed by atoms with Crippen molar-refractivity contribution in [2.75, 3.05) is 36.5 Å². The van der Waals surface area contributed by atoms with Gasteiger partial charge in [-0.05, 0) is 43.5 Å². The number of aromatic nitrogens is 1. The van der Waals surface area contributed by atoms with E-state index in [4.69, 9.17) is 9.47 Å². The van der Waals surface area contributed by atoms with Crippen LogP contribution in [0.25, 0.3) is 0 Å². The average Bonchev–Trinajstić information content (AvgIpc) is 3.55. The number of carbonyl (C=O) groups excluding carboxylic acids is 3. The molecular weight excluding hydrogens is 456 g/mol. The van der Waals surface area contributed by atoms with Crippen LogP contribution in [0.4, 0.5) is 10.8 Å². The van der Waals surface area contributed by atoms with Gasteiger partial charge in [-0.25, -0.2) is 4.98 Å². The Morgan fingerprint density at radius 1 is 1.21 bits per heavy atom. The van der Waals surface area contributed by atoms with E-state index in [0.717, 1.165) is 25.7 Å². The van der Waals surface area contributed by atoms with Crippen molar-refractivity contribution in [3.05, 3.63) is 35.8 Å². The number of hydrogen-bond donors (Lipinski definition) is 2. The molecule has 0 aliphatic carbocycles. The molecule has 9 nitrogen and oxygen atoms in total. The standard InChI is InChI=1S/C24H32N4O5S/c1-2-3-13-32-19-8-6-18(7-9-19)28(17-22(30)26-16-20-5-4-14-33-20)23(31)11-10-21(29)27-24-25-12-15-34-24/h6-9,12,15,20H,2-5,10-11,13-14,16-17H2,1H3,(H,26,30)(H,25,27,29)/t20-/m0/s1. The summed E-state index contributed by atoms with van der Waals surface area (Å²) in [4.78, 5) is 43.2. The van der Waals surface area contributed by atoms with E-state index < -0.39 is 0 Å².